The number of nitrogens with one attached hydrogen (secondary N) is 1. The van der Waals surface area contributed by atoms with E-state index in [4.69, 9.17) is 11.6 Å². The first-order valence-electron chi connectivity index (χ1n) is 7.38. The first kappa shape index (κ1) is 16.9. The highest BCUT2D eigenvalue weighted by Gasteiger charge is 2.09. The number of rotatable bonds is 10. The van der Waals surface area contributed by atoms with Gasteiger partial charge in [0.1, 0.15) is 0 Å². The molecule has 0 heterocycles. The van der Waals surface area contributed by atoms with Crippen LogP contribution in [0.3, 0.4) is 0 Å². The van der Waals surface area contributed by atoms with Crippen molar-refractivity contribution in [1.29, 1.82) is 0 Å². The van der Waals surface area contributed by atoms with Crippen molar-refractivity contribution < 1.29 is 0 Å². The van der Waals surface area contributed by atoms with Gasteiger partial charge in [0.05, 0.1) is 5.02 Å². The fourth-order valence-corrected chi connectivity index (χ4v) is 3.45. The summed E-state index contributed by atoms with van der Waals surface area (Å²) < 4.78 is 0. The maximum atomic E-state index is 6.19. The van der Waals surface area contributed by atoms with Crippen molar-refractivity contribution >= 4 is 23.4 Å². The van der Waals surface area contributed by atoms with E-state index < -0.39 is 0 Å². The molecule has 0 aromatic heterocycles. The molecular weight excluding hydrogens is 274 g/mol. The molecule has 1 nitrogen and oxygen atoms in total. The molecule has 1 rings (SSSR count). The van der Waals surface area contributed by atoms with Crippen LogP contribution >= 0.6 is 23.4 Å². The third-order valence-corrected chi connectivity index (χ3v) is 4.85. The van der Waals surface area contributed by atoms with Crippen molar-refractivity contribution in [3.63, 3.8) is 0 Å². The number of hydrogen-bond donors (Lipinski definition) is 1. The molecule has 0 saturated heterocycles. The van der Waals surface area contributed by atoms with E-state index in [1.807, 2.05) is 23.9 Å². The first-order valence-corrected chi connectivity index (χ1v) is 8.75. The Kier molecular flexibility index (Phi) is 9.40. The lowest BCUT2D eigenvalue weighted by Crippen LogP contribution is -2.31. The van der Waals surface area contributed by atoms with Crippen molar-refractivity contribution in [3.05, 3.63) is 29.3 Å². The van der Waals surface area contributed by atoms with Crippen LogP contribution in [0.15, 0.2) is 29.2 Å². The van der Waals surface area contributed by atoms with Crippen molar-refractivity contribution in [1.82, 2.24) is 5.32 Å². The smallest absolute Gasteiger partial charge is 0.0541 e. The van der Waals surface area contributed by atoms with Crippen LogP contribution in [0.5, 0.6) is 0 Å². The second kappa shape index (κ2) is 10.6. The highest BCUT2D eigenvalue weighted by molar-refractivity contribution is 7.99. The van der Waals surface area contributed by atoms with E-state index >= 15 is 0 Å². The average Bonchev–Trinajstić information content (AvgIpc) is 2.42. The molecule has 1 atom stereocenters. The average molecular weight is 300 g/mol. The summed E-state index contributed by atoms with van der Waals surface area (Å²) in [6, 6.07) is 8.71. The van der Waals surface area contributed by atoms with Crippen LogP contribution < -0.4 is 5.32 Å². The third-order valence-electron chi connectivity index (χ3n) is 3.18. The predicted molar refractivity (Wildman–Crippen MR) is 88.4 cm³/mol. The molecule has 0 fully saturated rings. The molecule has 1 N–H and O–H groups in total. The number of unbranched alkanes of at least 4 members (excludes halogenated alkanes) is 3. The molecule has 0 radical (unpaired) electrons. The summed E-state index contributed by atoms with van der Waals surface area (Å²) in [5.74, 6) is 1.10. The third kappa shape index (κ3) is 7.24. The lowest BCUT2D eigenvalue weighted by Gasteiger charge is -2.17. The SMILES string of the molecule is CCCCCCC(CSc1ccccc1Cl)NCC. The fourth-order valence-electron chi connectivity index (χ4n) is 2.10. The second-order valence-electron chi connectivity index (χ2n) is 4.85. The summed E-state index contributed by atoms with van der Waals surface area (Å²) in [5.41, 5.74) is 0. The van der Waals surface area contributed by atoms with Crippen molar-refractivity contribution in [2.24, 2.45) is 0 Å². The zero-order chi connectivity index (χ0) is 13.9. The van der Waals surface area contributed by atoms with Gasteiger partial charge in [0.15, 0.2) is 0 Å². The van der Waals surface area contributed by atoms with Gasteiger partial charge in [0.25, 0.3) is 0 Å². The summed E-state index contributed by atoms with van der Waals surface area (Å²) in [6.45, 7) is 5.48. The standard InChI is InChI=1S/C16H26ClNS/c1-3-5-6-7-10-14(18-4-2)13-19-16-12-9-8-11-15(16)17/h8-9,11-12,14,18H,3-7,10,13H2,1-2H3. The highest BCUT2D eigenvalue weighted by atomic mass is 35.5. The molecule has 0 aliphatic heterocycles. The summed E-state index contributed by atoms with van der Waals surface area (Å²) in [7, 11) is 0. The Balaban J connectivity index is 2.34. The molecule has 0 spiro atoms. The zero-order valence-electron chi connectivity index (χ0n) is 12.1. The Morgan fingerprint density at radius 2 is 1.95 bits per heavy atom. The van der Waals surface area contributed by atoms with E-state index in [2.05, 4.69) is 31.3 Å². The lowest BCUT2D eigenvalue weighted by atomic mass is 10.1. The molecule has 0 saturated carbocycles. The van der Waals surface area contributed by atoms with Crippen LogP contribution in [-0.2, 0) is 0 Å². The van der Waals surface area contributed by atoms with Crippen LogP contribution in [0, 0.1) is 0 Å². The van der Waals surface area contributed by atoms with Gasteiger partial charge in [-0.2, -0.15) is 0 Å². The van der Waals surface area contributed by atoms with Gasteiger partial charge in [0.2, 0.25) is 0 Å². The Labute approximate surface area is 127 Å². The monoisotopic (exact) mass is 299 g/mol. The highest BCUT2D eigenvalue weighted by Crippen LogP contribution is 2.27. The molecular formula is C16H26ClNS. The number of thioether (sulfide) groups is 1. The van der Waals surface area contributed by atoms with Gasteiger partial charge in [0, 0.05) is 16.7 Å². The molecule has 0 bridgehead atoms. The van der Waals surface area contributed by atoms with Crippen LogP contribution in [0.4, 0.5) is 0 Å². The van der Waals surface area contributed by atoms with Gasteiger partial charge in [-0.25, -0.2) is 0 Å². The normalized spacial score (nSPS) is 12.6. The molecule has 1 unspecified atom stereocenters. The number of halogens is 1. The van der Waals surface area contributed by atoms with E-state index in [9.17, 15) is 0 Å². The second-order valence-corrected chi connectivity index (χ2v) is 6.31. The summed E-state index contributed by atoms with van der Waals surface area (Å²) in [5, 5.41) is 4.45. The Morgan fingerprint density at radius 1 is 1.16 bits per heavy atom. The maximum Gasteiger partial charge on any atom is 0.0541 e. The molecule has 108 valence electrons. The van der Waals surface area contributed by atoms with E-state index in [-0.39, 0.29) is 0 Å². The van der Waals surface area contributed by atoms with E-state index in [1.165, 1.54) is 37.0 Å². The van der Waals surface area contributed by atoms with Crippen LogP contribution in [0.1, 0.15) is 46.0 Å². The number of benzene rings is 1. The molecule has 0 aliphatic carbocycles. The van der Waals surface area contributed by atoms with Crippen LogP contribution in [0.2, 0.25) is 5.02 Å². The quantitative estimate of drug-likeness (QED) is 0.460. The molecule has 19 heavy (non-hydrogen) atoms. The van der Waals surface area contributed by atoms with Crippen molar-refractivity contribution in [3.8, 4) is 0 Å². The molecule has 3 heteroatoms. The largest absolute Gasteiger partial charge is 0.313 e. The molecule has 0 aliphatic rings. The van der Waals surface area contributed by atoms with Gasteiger partial charge in [-0.05, 0) is 25.1 Å². The summed E-state index contributed by atoms with van der Waals surface area (Å²) in [6.07, 6.45) is 6.62. The Bertz CT molecular complexity index is 343. The Hall–Kier alpha value is -0.180. The zero-order valence-corrected chi connectivity index (χ0v) is 13.7. The summed E-state index contributed by atoms with van der Waals surface area (Å²) in [4.78, 5) is 1.20. The van der Waals surface area contributed by atoms with Crippen LogP contribution in [-0.4, -0.2) is 18.3 Å². The minimum Gasteiger partial charge on any atom is -0.313 e. The maximum absolute atomic E-state index is 6.19. The van der Waals surface area contributed by atoms with Crippen LogP contribution in [0.25, 0.3) is 0 Å². The lowest BCUT2D eigenvalue weighted by molar-refractivity contribution is 0.500. The minimum atomic E-state index is 0.600. The molecule has 1 aromatic rings. The van der Waals surface area contributed by atoms with E-state index in [0.717, 1.165) is 17.3 Å². The van der Waals surface area contributed by atoms with Crippen molar-refractivity contribution in [2.75, 3.05) is 12.3 Å². The van der Waals surface area contributed by atoms with Gasteiger partial charge in [-0.1, -0.05) is 63.3 Å². The number of hydrogen-bond acceptors (Lipinski definition) is 2. The van der Waals surface area contributed by atoms with E-state index in [0.29, 0.717) is 6.04 Å². The van der Waals surface area contributed by atoms with Gasteiger partial charge < -0.3 is 5.32 Å². The van der Waals surface area contributed by atoms with E-state index in [1.54, 1.807) is 0 Å². The Morgan fingerprint density at radius 3 is 2.63 bits per heavy atom. The van der Waals surface area contributed by atoms with Crippen molar-refractivity contribution in [2.45, 2.75) is 56.9 Å². The topological polar surface area (TPSA) is 12.0 Å². The predicted octanol–water partition coefficient (Wildman–Crippen LogP) is 5.38. The summed E-state index contributed by atoms with van der Waals surface area (Å²) >= 11 is 8.05. The molecule has 0 amide bonds. The fraction of sp³-hybridized carbons (Fsp3) is 0.625. The van der Waals surface area contributed by atoms with Gasteiger partial charge in [-0.3, -0.25) is 0 Å². The first-order chi connectivity index (χ1) is 9.27. The molecule has 1 aromatic carbocycles. The van der Waals surface area contributed by atoms with Gasteiger partial charge >= 0.3 is 0 Å². The van der Waals surface area contributed by atoms with Gasteiger partial charge in [-0.15, -0.1) is 11.8 Å². The minimum absolute atomic E-state index is 0.600.